The molecule has 314 valence electrons. The third-order valence-corrected chi connectivity index (χ3v) is 11.0. The molecule has 0 saturated heterocycles. The summed E-state index contributed by atoms with van der Waals surface area (Å²) in [7, 11) is 4.11. The molecule has 0 unspecified atom stereocenters. The summed E-state index contributed by atoms with van der Waals surface area (Å²) in [6, 6.07) is 39.8. The second-order valence-electron chi connectivity index (χ2n) is 14.4. The Morgan fingerprint density at radius 3 is 1.94 bits per heavy atom. The number of imidazole rings is 1. The van der Waals surface area contributed by atoms with Crippen LogP contribution in [0.1, 0.15) is 28.1 Å². The number of amides is 1. The minimum atomic E-state index is -4.87. The number of alkyl halides is 3. The predicted octanol–water partition coefficient (Wildman–Crippen LogP) is 9.50. The van der Waals surface area contributed by atoms with Crippen molar-refractivity contribution in [1.29, 1.82) is 0 Å². The summed E-state index contributed by atoms with van der Waals surface area (Å²) in [6.45, 7) is -0.898. The van der Waals surface area contributed by atoms with Gasteiger partial charge in [0.25, 0.3) is 0 Å². The number of methoxy groups -OCH3 is 1. The topological polar surface area (TPSA) is 96.4 Å². The van der Waals surface area contributed by atoms with Crippen LogP contribution in [-0.4, -0.2) is 44.0 Å². The fraction of sp³-hybridized carbons (Fsp3) is 0.149. The minimum Gasteiger partial charge on any atom is -0.493 e. The number of fused-ring (bicyclic) bond motifs is 1. The first-order chi connectivity index (χ1) is 29.8. The Morgan fingerprint density at radius 1 is 0.806 bits per heavy atom. The fourth-order valence-electron chi connectivity index (χ4n) is 7.76. The number of benzene rings is 6. The lowest BCUT2D eigenvalue weighted by Gasteiger charge is -2.35. The van der Waals surface area contributed by atoms with E-state index < -0.39 is 41.2 Å². The maximum atomic E-state index is 16.3. The zero-order valence-electron chi connectivity index (χ0n) is 33.5. The van der Waals surface area contributed by atoms with Gasteiger partial charge in [-0.3, -0.25) is 13.9 Å². The molecule has 2 aromatic heterocycles. The molecule has 0 bridgehead atoms. The lowest BCUT2D eigenvalue weighted by atomic mass is 9.77. The van der Waals surface area contributed by atoms with Gasteiger partial charge in [-0.1, -0.05) is 103 Å². The van der Waals surface area contributed by atoms with Gasteiger partial charge in [-0.2, -0.15) is 18.3 Å². The molecule has 8 rings (SSSR count). The average Bonchev–Trinajstić information content (AvgIpc) is 3.85. The third-order valence-electron chi connectivity index (χ3n) is 10.8. The predicted molar refractivity (Wildman–Crippen MR) is 228 cm³/mol. The Labute approximate surface area is 357 Å². The summed E-state index contributed by atoms with van der Waals surface area (Å²) in [5.74, 6) is -1.81. The molecule has 8 aromatic rings. The number of carbonyl (C=O) groups is 1. The summed E-state index contributed by atoms with van der Waals surface area (Å²) in [5.41, 5.74) is 0.0332. The Hall–Kier alpha value is -7.19. The smallest absolute Gasteiger partial charge is 0.416 e. The highest BCUT2D eigenvalue weighted by atomic mass is 35.5. The Bertz CT molecular complexity index is 2860. The lowest BCUT2D eigenvalue weighted by Crippen LogP contribution is -2.38. The average molecular weight is 861 g/mol. The zero-order valence-corrected chi connectivity index (χ0v) is 34.2. The van der Waals surface area contributed by atoms with E-state index in [0.717, 1.165) is 44.0 Å². The number of aromatic nitrogens is 5. The maximum Gasteiger partial charge on any atom is 0.416 e. The van der Waals surface area contributed by atoms with Crippen LogP contribution in [-0.2, 0) is 36.7 Å². The van der Waals surface area contributed by atoms with Crippen LogP contribution < -0.4 is 20.1 Å². The monoisotopic (exact) mass is 860 g/mol. The van der Waals surface area contributed by atoms with E-state index in [-0.39, 0.29) is 46.1 Å². The van der Waals surface area contributed by atoms with E-state index in [4.69, 9.17) is 26.2 Å². The van der Waals surface area contributed by atoms with E-state index in [1.807, 2.05) is 91.0 Å². The van der Waals surface area contributed by atoms with Gasteiger partial charge in [0.05, 0.1) is 23.7 Å². The first kappa shape index (κ1) is 41.5. The third kappa shape index (κ3) is 7.57. The fourth-order valence-corrected chi connectivity index (χ4v) is 7.88. The molecule has 10 nitrogen and oxygen atoms in total. The molecule has 62 heavy (non-hydrogen) atoms. The van der Waals surface area contributed by atoms with Crippen LogP contribution in [0.5, 0.6) is 11.5 Å². The summed E-state index contributed by atoms with van der Waals surface area (Å²) >= 11 is 5.99. The van der Waals surface area contributed by atoms with Gasteiger partial charge in [0.15, 0.2) is 23.1 Å². The molecule has 0 saturated carbocycles. The largest absolute Gasteiger partial charge is 0.493 e. The van der Waals surface area contributed by atoms with Crippen molar-refractivity contribution in [2.24, 2.45) is 7.05 Å². The van der Waals surface area contributed by atoms with E-state index in [1.165, 1.54) is 32.2 Å². The molecule has 0 atom stereocenters. The van der Waals surface area contributed by atoms with Gasteiger partial charge >= 0.3 is 11.9 Å². The van der Waals surface area contributed by atoms with Crippen LogP contribution in [0.4, 0.5) is 23.2 Å². The van der Waals surface area contributed by atoms with Crippen molar-refractivity contribution in [1.82, 2.24) is 23.9 Å². The summed E-state index contributed by atoms with van der Waals surface area (Å²) in [4.78, 5) is 32.9. The highest BCUT2D eigenvalue weighted by Gasteiger charge is 2.40. The highest BCUT2D eigenvalue weighted by Crippen LogP contribution is 2.43. The lowest BCUT2D eigenvalue weighted by molar-refractivity contribution is -0.137. The van der Waals surface area contributed by atoms with Gasteiger partial charge in [-0.05, 0) is 70.8 Å². The molecule has 0 aliphatic rings. The maximum absolute atomic E-state index is 16.3. The SMILES string of the molecule is COc1cc(-c2cc(C(F)(F)F)cc3c2n(C)c(=O)n3CC(=O)N(C)c2ccc(Cl)cc2)cc(F)c1OCc1ncn(C(c2ccccc2)(c2ccccc2)c2ccccc2)n1. The zero-order chi connectivity index (χ0) is 43.8. The number of likely N-dealkylation sites (N-methyl/N-ethyl adjacent to an activating group) is 1. The molecule has 0 fully saturated rings. The molecule has 0 spiro atoms. The molecular formula is C47H37ClF4N6O4. The van der Waals surface area contributed by atoms with Crippen LogP contribution >= 0.6 is 11.6 Å². The molecule has 0 aliphatic carbocycles. The number of anilines is 1. The molecule has 2 heterocycles. The summed E-state index contributed by atoms with van der Waals surface area (Å²) in [5, 5.41) is 5.30. The van der Waals surface area contributed by atoms with Crippen LogP contribution in [0.2, 0.25) is 5.02 Å². The van der Waals surface area contributed by atoms with Crippen LogP contribution in [0.3, 0.4) is 0 Å². The number of rotatable bonds is 12. The van der Waals surface area contributed by atoms with E-state index in [9.17, 15) is 22.8 Å². The molecule has 0 aliphatic heterocycles. The van der Waals surface area contributed by atoms with Crippen LogP contribution in [0.25, 0.3) is 22.2 Å². The van der Waals surface area contributed by atoms with E-state index in [2.05, 4.69) is 4.98 Å². The molecule has 15 heteroatoms. The number of hydrogen-bond donors (Lipinski definition) is 0. The van der Waals surface area contributed by atoms with Gasteiger partial charge in [0, 0.05) is 30.4 Å². The Kier molecular flexibility index (Phi) is 11.2. The van der Waals surface area contributed by atoms with Crippen LogP contribution in [0, 0.1) is 5.82 Å². The second-order valence-corrected chi connectivity index (χ2v) is 14.9. The molecule has 6 aromatic carbocycles. The van der Waals surface area contributed by atoms with Gasteiger partial charge in [0.1, 0.15) is 25.0 Å². The Balaban J connectivity index is 1.15. The number of nitrogens with zero attached hydrogens (tertiary/aromatic N) is 6. The van der Waals surface area contributed by atoms with Crippen molar-refractivity contribution in [2.45, 2.75) is 24.9 Å². The first-order valence-corrected chi connectivity index (χ1v) is 19.6. The molecule has 0 N–H and O–H groups in total. The summed E-state index contributed by atoms with van der Waals surface area (Å²) in [6.07, 6.45) is -3.29. The number of carbonyl (C=O) groups excluding carboxylic acids is 1. The second kappa shape index (κ2) is 16.7. The van der Waals surface area contributed by atoms with Crippen molar-refractivity contribution >= 4 is 34.2 Å². The van der Waals surface area contributed by atoms with Gasteiger partial charge in [-0.15, -0.1) is 0 Å². The van der Waals surface area contributed by atoms with Crippen molar-refractivity contribution in [2.75, 3.05) is 19.1 Å². The van der Waals surface area contributed by atoms with Crippen molar-refractivity contribution in [3.8, 4) is 22.6 Å². The van der Waals surface area contributed by atoms with Gasteiger partial charge < -0.3 is 14.4 Å². The van der Waals surface area contributed by atoms with Crippen LogP contribution in [0.15, 0.2) is 151 Å². The number of halogens is 5. The number of hydrogen-bond acceptors (Lipinski definition) is 6. The van der Waals surface area contributed by atoms with Crippen molar-refractivity contribution < 1.29 is 31.8 Å². The molecule has 0 radical (unpaired) electrons. The number of ether oxygens (including phenoxy) is 2. The standard InChI is InChI=1S/C47H37ClF4N6O4/c1-55(36-21-19-35(48)20-22-36)42(59)27-57-39-26-34(47(50,51)52)25-37(43(39)56(2)45(57)60)30-23-38(49)44(40(24-30)61-3)62-28-41-53-29-58(54-41)46(31-13-7-4-8-14-31,32-15-9-5-10-16-32)33-17-11-6-12-18-33/h4-26,29H,27-28H2,1-3H3. The molecular weight excluding hydrogens is 824 g/mol. The van der Waals surface area contributed by atoms with E-state index >= 15 is 4.39 Å². The minimum absolute atomic E-state index is 0.0357. The van der Waals surface area contributed by atoms with Crippen molar-refractivity contribution in [3.05, 3.63) is 195 Å². The van der Waals surface area contributed by atoms with Gasteiger partial charge in [0.2, 0.25) is 5.91 Å². The number of aryl methyl sites for hydroxylation is 1. The van der Waals surface area contributed by atoms with E-state index in [1.54, 1.807) is 35.3 Å². The normalized spacial score (nSPS) is 11.8. The van der Waals surface area contributed by atoms with Crippen molar-refractivity contribution in [3.63, 3.8) is 0 Å². The first-order valence-electron chi connectivity index (χ1n) is 19.2. The van der Waals surface area contributed by atoms with Gasteiger partial charge in [-0.25, -0.2) is 18.9 Å². The quantitative estimate of drug-likeness (QED) is 0.0898. The highest BCUT2D eigenvalue weighted by molar-refractivity contribution is 6.30. The molecule has 1 amide bonds. The van der Waals surface area contributed by atoms with E-state index in [0.29, 0.717) is 10.7 Å². The summed E-state index contributed by atoms with van der Waals surface area (Å²) < 4.78 is 75.1. The Morgan fingerprint density at radius 2 is 1.39 bits per heavy atom.